The van der Waals surface area contributed by atoms with Gasteiger partial charge in [-0.15, -0.1) is 0 Å². The van der Waals surface area contributed by atoms with E-state index in [9.17, 15) is 4.79 Å². The van der Waals surface area contributed by atoms with Crippen molar-refractivity contribution in [2.75, 3.05) is 27.9 Å². The molecule has 1 spiro atoms. The summed E-state index contributed by atoms with van der Waals surface area (Å²) in [5.41, 5.74) is 2.95. The van der Waals surface area contributed by atoms with Gasteiger partial charge in [0.2, 0.25) is 0 Å². The van der Waals surface area contributed by atoms with Gasteiger partial charge in [0.15, 0.2) is 11.5 Å². The molecule has 0 radical (unpaired) electrons. The molecule has 1 fully saturated rings. The third-order valence-corrected chi connectivity index (χ3v) is 6.04. The summed E-state index contributed by atoms with van der Waals surface area (Å²) in [6, 6.07) is 3.80. The summed E-state index contributed by atoms with van der Waals surface area (Å²) in [7, 11) is 5.00. The Hall–Kier alpha value is -2.01. The highest BCUT2D eigenvalue weighted by Crippen LogP contribution is 2.48. The summed E-state index contributed by atoms with van der Waals surface area (Å²) in [5.74, 6) is 1.39. The number of benzene rings is 1. The van der Waals surface area contributed by atoms with Crippen LogP contribution in [0.15, 0.2) is 23.8 Å². The Balaban J connectivity index is 1.85. The van der Waals surface area contributed by atoms with Gasteiger partial charge >= 0.3 is 0 Å². The van der Waals surface area contributed by atoms with E-state index in [1.54, 1.807) is 21.3 Å². The van der Waals surface area contributed by atoms with Crippen LogP contribution in [0.1, 0.15) is 41.6 Å². The summed E-state index contributed by atoms with van der Waals surface area (Å²) in [6.45, 7) is 0.806. The zero-order chi connectivity index (χ0) is 17.6. The number of rotatable bonds is 3. The molecule has 0 N–H and O–H groups in total. The van der Waals surface area contributed by atoms with Gasteiger partial charge in [0, 0.05) is 32.1 Å². The minimum absolute atomic E-state index is 0.101. The molecule has 4 rings (SSSR count). The lowest BCUT2D eigenvalue weighted by Gasteiger charge is -2.54. The molecule has 0 bridgehead atoms. The second-order valence-electron chi connectivity index (χ2n) is 7.16. The van der Waals surface area contributed by atoms with Gasteiger partial charge in [-0.25, -0.2) is 0 Å². The van der Waals surface area contributed by atoms with Crippen LogP contribution in [-0.4, -0.2) is 50.3 Å². The standard InChI is InChI=1S/C20H25NO4/c1-23-15-7-6-14-5-4-8-21-19(22)16-10-18(25-3)17(24-2)9-13(16)11-20(14,21)12-15/h6,9-10,15H,4-5,7-8,11-12H2,1-3H3. The molecule has 1 amide bonds. The van der Waals surface area contributed by atoms with Crippen LogP contribution in [0.3, 0.4) is 0 Å². The number of fused-ring (bicyclic) bond motifs is 1. The molecular weight excluding hydrogens is 318 g/mol. The Morgan fingerprint density at radius 3 is 2.64 bits per heavy atom. The van der Waals surface area contributed by atoms with E-state index in [4.69, 9.17) is 14.2 Å². The van der Waals surface area contributed by atoms with Gasteiger partial charge in [0.25, 0.3) is 5.91 Å². The highest BCUT2D eigenvalue weighted by molar-refractivity contribution is 5.99. The Morgan fingerprint density at radius 2 is 1.92 bits per heavy atom. The average Bonchev–Trinajstić information content (AvgIpc) is 2.65. The SMILES string of the molecule is COc1cc2c(cc1OC)C(=O)N1CCCC3=CCC(OC)CC31C2. The minimum atomic E-state index is -0.235. The molecule has 5 heteroatoms. The summed E-state index contributed by atoms with van der Waals surface area (Å²) >= 11 is 0. The Labute approximate surface area is 148 Å². The largest absolute Gasteiger partial charge is 0.493 e. The number of methoxy groups -OCH3 is 3. The van der Waals surface area contributed by atoms with Gasteiger partial charge in [-0.1, -0.05) is 6.08 Å². The molecular formula is C20H25NO4. The van der Waals surface area contributed by atoms with E-state index in [0.717, 1.165) is 49.8 Å². The average molecular weight is 343 g/mol. The molecule has 2 unspecified atom stereocenters. The van der Waals surface area contributed by atoms with E-state index >= 15 is 0 Å². The van der Waals surface area contributed by atoms with Gasteiger partial charge in [-0.2, -0.15) is 0 Å². The number of amides is 1. The lowest BCUT2D eigenvalue weighted by Crippen LogP contribution is -2.62. The maximum Gasteiger partial charge on any atom is 0.255 e. The van der Waals surface area contributed by atoms with Crippen LogP contribution in [0.4, 0.5) is 0 Å². The maximum atomic E-state index is 13.3. The van der Waals surface area contributed by atoms with Crippen LogP contribution >= 0.6 is 0 Å². The third-order valence-electron chi connectivity index (χ3n) is 6.04. The number of nitrogens with zero attached hydrogens (tertiary/aromatic N) is 1. The van der Waals surface area contributed by atoms with Gasteiger partial charge in [0.05, 0.1) is 25.9 Å². The fourth-order valence-electron chi connectivity index (χ4n) is 4.80. The van der Waals surface area contributed by atoms with E-state index in [0.29, 0.717) is 11.5 Å². The second kappa shape index (κ2) is 6.06. The molecule has 2 aliphatic heterocycles. The first-order valence-corrected chi connectivity index (χ1v) is 8.92. The van der Waals surface area contributed by atoms with Crippen molar-refractivity contribution < 1.29 is 19.0 Å². The molecule has 3 aliphatic rings. The smallest absolute Gasteiger partial charge is 0.255 e. The molecule has 1 aromatic carbocycles. The van der Waals surface area contributed by atoms with E-state index in [1.807, 2.05) is 12.1 Å². The summed E-state index contributed by atoms with van der Waals surface area (Å²) < 4.78 is 16.5. The summed E-state index contributed by atoms with van der Waals surface area (Å²) in [4.78, 5) is 15.4. The zero-order valence-electron chi connectivity index (χ0n) is 15.1. The molecule has 2 heterocycles. The van der Waals surface area contributed by atoms with E-state index in [1.165, 1.54) is 5.57 Å². The normalized spacial score (nSPS) is 27.8. The molecule has 0 aromatic heterocycles. The van der Waals surface area contributed by atoms with Crippen molar-refractivity contribution >= 4 is 5.91 Å². The highest BCUT2D eigenvalue weighted by Gasteiger charge is 2.51. The molecule has 1 saturated heterocycles. The van der Waals surface area contributed by atoms with Crippen molar-refractivity contribution in [1.82, 2.24) is 4.90 Å². The van der Waals surface area contributed by atoms with E-state index in [-0.39, 0.29) is 17.6 Å². The predicted octanol–water partition coefficient (Wildman–Crippen LogP) is 2.97. The van der Waals surface area contributed by atoms with Crippen LogP contribution in [-0.2, 0) is 11.2 Å². The van der Waals surface area contributed by atoms with Gasteiger partial charge in [-0.3, -0.25) is 4.79 Å². The molecule has 2 atom stereocenters. The highest BCUT2D eigenvalue weighted by atomic mass is 16.5. The van der Waals surface area contributed by atoms with E-state index in [2.05, 4.69) is 11.0 Å². The Morgan fingerprint density at radius 1 is 1.16 bits per heavy atom. The first-order chi connectivity index (χ1) is 12.1. The topological polar surface area (TPSA) is 48.0 Å². The molecule has 134 valence electrons. The van der Waals surface area contributed by atoms with Crippen LogP contribution in [0.25, 0.3) is 0 Å². The summed E-state index contributed by atoms with van der Waals surface area (Å²) in [6.07, 6.45) is 7.20. The van der Waals surface area contributed by atoms with Crippen molar-refractivity contribution in [1.29, 1.82) is 0 Å². The number of carbonyl (C=O) groups is 1. The van der Waals surface area contributed by atoms with Gasteiger partial charge in [0.1, 0.15) is 0 Å². The van der Waals surface area contributed by atoms with Crippen LogP contribution < -0.4 is 9.47 Å². The quantitative estimate of drug-likeness (QED) is 0.792. The lowest BCUT2D eigenvalue weighted by atomic mass is 9.67. The third kappa shape index (κ3) is 2.36. The molecule has 1 aromatic rings. The molecule has 1 aliphatic carbocycles. The Bertz CT molecular complexity index is 741. The number of carbonyl (C=O) groups excluding carboxylic acids is 1. The monoisotopic (exact) mass is 343 g/mol. The number of piperidine rings is 1. The Kier molecular flexibility index (Phi) is 3.99. The van der Waals surface area contributed by atoms with Crippen LogP contribution in [0.5, 0.6) is 11.5 Å². The van der Waals surface area contributed by atoms with E-state index < -0.39 is 0 Å². The van der Waals surface area contributed by atoms with Crippen molar-refractivity contribution in [3.8, 4) is 11.5 Å². The van der Waals surface area contributed by atoms with Crippen molar-refractivity contribution in [2.24, 2.45) is 0 Å². The zero-order valence-corrected chi connectivity index (χ0v) is 15.1. The number of hydrogen-bond acceptors (Lipinski definition) is 4. The minimum Gasteiger partial charge on any atom is -0.493 e. The molecule has 5 nitrogen and oxygen atoms in total. The summed E-state index contributed by atoms with van der Waals surface area (Å²) in [5, 5.41) is 0. The fraction of sp³-hybridized carbons (Fsp3) is 0.550. The van der Waals surface area contributed by atoms with Crippen molar-refractivity contribution in [2.45, 2.75) is 43.7 Å². The lowest BCUT2D eigenvalue weighted by molar-refractivity contribution is 0.00468. The fourth-order valence-corrected chi connectivity index (χ4v) is 4.80. The predicted molar refractivity (Wildman–Crippen MR) is 94.4 cm³/mol. The van der Waals surface area contributed by atoms with Crippen LogP contribution in [0, 0.1) is 0 Å². The van der Waals surface area contributed by atoms with Crippen molar-refractivity contribution in [3.05, 3.63) is 34.9 Å². The van der Waals surface area contributed by atoms with Gasteiger partial charge < -0.3 is 19.1 Å². The molecule has 0 saturated carbocycles. The van der Waals surface area contributed by atoms with Crippen molar-refractivity contribution in [3.63, 3.8) is 0 Å². The number of hydrogen-bond donors (Lipinski definition) is 0. The number of ether oxygens (including phenoxy) is 3. The first-order valence-electron chi connectivity index (χ1n) is 8.92. The molecule has 25 heavy (non-hydrogen) atoms. The first kappa shape index (κ1) is 16.5. The second-order valence-corrected chi connectivity index (χ2v) is 7.16. The van der Waals surface area contributed by atoms with Crippen LogP contribution in [0.2, 0.25) is 0 Å². The van der Waals surface area contributed by atoms with Gasteiger partial charge in [-0.05, 0) is 42.5 Å². The maximum absolute atomic E-state index is 13.3.